The summed E-state index contributed by atoms with van der Waals surface area (Å²) in [5, 5.41) is 16.1. The number of non-ortho nitro benzene ring substituents is 1. The van der Waals surface area contributed by atoms with Crippen molar-refractivity contribution in [3.63, 3.8) is 0 Å². The summed E-state index contributed by atoms with van der Waals surface area (Å²) in [5.74, 6) is 1.31. The maximum atomic E-state index is 11.8. The number of nitrogens with one attached hydrogen (secondary N) is 1. The van der Waals surface area contributed by atoms with Gasteiger partial charge >= 0.3 is 0 Å². The zero-order valence-corrected chi connectivity index (χ0v) is 14.6. The van der Waals surface area contributed by atoms with Crippen molar-refractivity contribution in [1.82, 2.24) is 10.3 Å². The van der Waals surface area contributed by atoms with Gasteiger partial charge < -0.3 is 14.5 Å². The predicted octanol–water partition coefficient (Wildman–Crippen LogP) is 3.31. The standard InChI is InChI=1S/C17H15N3O5S/c1-11-19-15(10-26-11)16-7-6-14(25-16)8-18-17(21)9-24-13-4-2-12(3-5-13)20(22)23/h2-7,10H,8-9H2,1H3,(H,18,21). The van der Waals surface area contributed by atoms with Crippen LogP contribution >= 0.6 is 11.3 Å². The van der Waals surface area contributed by atoms with Gasteiger partial charge in [0.1, 0.15) is 17.2 Å². The topological polar surface area (TPSA) is 108 Å². The molecular formula is C17H15N3O5S. The molecule has 1 aromatic carbocycles. The van der Waals surface area contributed by atoms with Crippen LogP contribution in [0, 0.1) is 17.0 Å². The van der Waals surface area contributed by atoms with Gasteiger partial charge in [-0.15, -0.1) is 11.3 Å². The third-order valence-electron chi connectivity index (χ3n) is 3.41. The van der Waals surface area contributed by atoms with E-state index in [9.17, 15) is 14.9 Å². The van der Waals surface area contributed by atoms with Crippen molar-refractivity contribution in [2.45, 2.75) is 13.5 Å². The average Bonchev–Trinajstić information content (AvgIpc) is 3.27. The quantitative estimate of drug-likeness (QED) is 0.503. The number of hydrogen-bond acceptors (Lipinski definition) is 7. The van der Waals surface area contributed by atoms with Crippen LogP contribution in [0.5, 0.6) is 5.75 Å². The van der Waals surface area contributed by atoms with Gasteiger partial charge in [0, 0.05) is 17.5 Å². The number of thiazole rings is 1. The molecule has 0 saturated heterocycles. The number of aromatic nitrogens is 1. The van der Waals surface area contributed by atoms with E-state index in [-0.39, 0.29) is 24.7 Å². The van der Waals surface area contributed by atoms with E-state index in [1.54, 1.807) is 6.07 Å². The Morgan fingerprint density at radius 1 is 1.31 bits per heavy atom. The van der Waals surface area contributed by atoms with E-state index in [0.717, 1.165) is 10.7 Å². The minimum absolute atomic E-state index is 0.0364. The van der Waals surface area contributed by atoms with E-state index in [1.165, 1.54) is 35.6 Å². The van der Waals surface area contributed by atoms with Crippen molar-refractivity contribution in [2.75, 3.05) is 6.61 Å². The van der Waals surface area contributed by atoms with E-state index in [1.807, 2.05) is 18.4 Å². The van der Waals surface area contributed by atoms with Crippen molar-refractivity contribution in [3.8, 4) is 17.2 Å². The summed E-state index contributed by atoms with van der Waals surface area (Å²) in [4.78, 5) is 26.3. The van der Waals surface area contributed by atoms with Crippen LogP contribution in [-0.2, 0) is 11.3 Å². The van der Waals surface area contributed by atoms with E-state index in [0.29, 0.717) is 17.3 Å². The monoisotopic (exact) mass is 373 g/mol. The minimum atomic E-state index is -0.499. The molecule has 9 heteroatoms. The molecule has 0 radical (unpaired) electrons. The summed E-state index contributed by atoms with van der Waals surface area (Å²) in [6.45, 7) is 1.95. The second-order valence-electron chi connectivity index (χ2n) is 5.33. The second kappa shape index (κ2) is 7.79. The number of rotatable bonds is 7. The van der Waals surface area contributed by atoms with Crippen molar-refractivity contribution in [2.24, 2.45) is 0 Å². The molecule has 0 atom stereocenters. The SMILES string of the molecule is Cc1nc(-c2ccc(CNC(=O)COc3ccc([N+](=O)[O-])cc3)o2)cs1. The van der Waals surface area contributed by atoms with Crippen LogP contribution in [0.3, 0.4) is 0 Å². The number of nitrogens with zero attached hydrogens (tertiary/aromatic N) is 2. The van der Waals surface area contributed by atoms with Crippen LogP contribution in [0.1, 0.15) is 10.8 Å². The van der Waals surface area contributed by atoms with Gasteiger partial charge in [-0.1, -0.05) is 0 Å². The van der Waals surface area contributed by atoms with Crippen LogP contribution in [0.15, 0.2) is 46.2 Å². The van der Waals surface area contributed by atoms with Crippen molar-refractivity contribution >= 4 is 22.9 Å². The Bertz CT molecular complexity index is 917. The lowest BCUT2D eigenvalue weighted by atomic mass is 10.3. The van der Waals surface area contributed by atoms with Gasteiger partial charge in [-0.05, 0) is 31.2 Å². The highest BCUT2D eigenvalue weighted by Gasteiger charge is 2.10. The normalized spacial score (nSPS) is 10.5. The van der Waals surface area contributed by atoms with Gasteiger partial charge in [0.25, 0.3) is 11.6 Å². The lowest BCUT2D eigenvalue weighted by molar-refractivity contribution is -0.384. The summed E-state index contributed by atoms with van der Waals surface area (Å²) in [5.41, 5.74) is 0.734. The predicted molar refractivity (Wildman–Crippen MR) is 95.0 cm³/mol. The fraction of sp³-hybridized carbons (Fsp3) is 0.176. The highest BCUT2D eigenvalue weighted by Crippen LogP contribution is 2.23. The third-order valence-corrected chi connectivity index (χ3v) is 4.18. The molecule has 0 aliphatic heterocycles. The van der Waals surface area contributed by atoms with Gasteiger partial charge in [0.15, 0.2) is 12.4 Å². The van der Waals surface area contributed by atoms with Crippen molar-refractivity contribution in [3.05, 3.63) is 62.7 Å². The number of amides is 1. The molecule has 1 amide bonds. The van der Waals surface area contributed by atoms with Gasteiger partial charge in [0.2, 0.25) is 0 Å². The fourth-order valence-corrected chi connectivity index (χ4v) is 2.74. The maximum absolute atomic E-state index is 11.8. The zero-order valence-electron chi connectivity index (χ0n) is 13.8. The molecule has 134 valence electrons. The molecule has 26 heavy (non-hydrogen) atoms. The van der Waals surface area contributed by atoms with E-state index >= 15 is 0 Å². The van der Waals surface area contributed by atoms with Crippen LogP contribution in [0.4, 0.5) is 5.69 Å². The largest absolute Gasteiger partial charge is 0.484 e. The first-order valence-electron chi connectivity index (χ1n) is 7.66. The van der Waals surface area contributed by atoms with E-state index < -0.39 is 4.92 Å². The van der Waals surface area contributed by atoms with E-state index in [2.05, 4.69) is 10.3 Å². The highest BCUT2D eigenvalue weighted by atomic mass is 32.1. The van der Waals surface area contributed by atoms with Crippen LogP contribution in [0.2, 0.25) is 0 Å². The molecule has 3 aromatic rings. The molecule has 3 rings (SSSR count). The summed E-state index contributed by atoms with van der Waals surface area (Å²) in [6, 6.07) is 9.11. The molecule has 0 unspecified atom stereocenters. The van der Waals surface area contributed by atoms with Gasteiger partial charge in [0.05, 0.1) is 16.5 Å². The smallest absolute Gasteiger partial charge is 0.269 e. The number of carbonyl (C=O) groups excluding carboxylic acids is 1. The Labute approximate surface area is 152 Å². The van der Waals surface area contributed by atoms with Gasteiger partial charge in [-0.2, -0.15) is 0 Å². The van der Waals surface area contributed by atoms with Gasteiger partial charge in [-0.3, -0.25) is 14.9 Å². The number of nitro groups is 1. The molecule has 0 saturated carbocycles. The molecule has 0 aliphatic rings. The first-order valence-corrected chi connectivity index (χ1v) is 8.54. The number of benzene rings is 1. The number of carbonyl (C=O) groups is 1. The Morgan fingerprint density at radius 2 is 2.08 bits per heavy atom. The molecule has 8 nitrogen and oxygen atoms in total. The Kier molecular flexibility index (Phi) is 5.28. The van der Waals surface area contributed by atoms with Gasteiger partial charge in [-0.25, -0.2) is 4.98 Å². The molecule has 2 heterocycles. The Balaban J connectivity index is 1.47. The third kappa shape index (κ3) is 4.45. The Morgan fingerprint density at radius 3 is 2.73 bits per heavy atom. The first-order chi connectivity index (χ1) is 12.5. The lowest BCUT2D eigenvalue weighted by Gasteiger charge is -2.06. The number of nitro benzene ring substituents is 1. The number of furan rings is 1. The van der Waals surface area contributed by atoms with Crippen LogP contribution in [-0.4, -0.2) is 22.4 Å². The molecule has 0 aliphatic carbocycles. The lowest BCUT2D eigenvalue weighted by Crippen LogP contribution is -2.28. The summed E-state index contributed by atoms with van der Waals surface area (Å²) in [7, 11) is 0. The van der Waals surface area contributed by atoms with Crippen LogP contribution < -0.4 is 10.1 Å². The van der Waals surface area contributed by atoms with Crippen molar-refractivity contribution < 1.29 is 18.9 Å². The molecule has 2 aromatic heterocycles. The summed E-state index contributed by atoms with van der Waals surface area (Å²) < 4.78 is 11.0. The molecule has 1 N–H and O–H groups in total. The number of hydrogen-bond donors (Lipinski definition) is 1. The maximum Gasteiger partial charge on any atom is 0.269 e. The molecular weight excluding hydrogens is 358 g/mol. The first kappa shape index (κ1) is 17.6. The molecule has 0 spiro atoms. The van der Waals surface area contributed by atoms with E-state index in [4.69, 9.17) is 9.15 Å². The summed E-state index contributed by atoms with van der Waals surface area (Å²) in [6.07, 6.45) is 0. The summed E-state index contributed by atoms with van der Waals surface area (Å²) >= 11 is 1.54. The minimum Gasteiger partial charge on any atom is -0.484 e. The highest BCUT2D eigenvalue weighted by molar-refractivity contribution is 7.09. The van der Waals surface area contributed by atoms with Crippen molar-refractivity contribution in [1.29, 1.82) is 0 Å². The number of ether oxygens (including phenoxy) is 1. The molecule has 0 fully saturated rings. The molecule has 0 bridgehead atoms. The van der Waals surface area contributed by atoms with Crippen LogP contribution in [0.25, 0.3) is 11.5 Å². The zero-order chi connectivity index (χ0) is 18.5. The Hall–Kier alpha value is -3.20. The second-order valence-corrected chi connectivity index (χ2v) is 6.40. The fourth-order valence-electron chi connectivity index (χ4n) is 2.14. The average molecular weight is 373 g/mol. The number of aryl methyl sites for hydroxylation is 1.